The second-order valence-electron chi connectivity index (χ2n) is 4.60. The molecule has 2 aromatic carbocycles. The van der Waals surface area contributed by atoms with Crippen LogP contribution in [0.15, 0.2) is 48.8 Å². The van der Waals surface area contributed by atoms with Crippen molar-refractivity contribution in [3.63, 3.8) is 0 Å². The quantitative estimate of drug-likeness (QED) is 0.719. The monoisotopic (exact) mass is 271 g/mol. The lowest BCUT2D eigenvalue weighted by Gasteiger charge is -2.16. The molecule has 3 aromatic rings. The van der Waals surface area contributed by atoms with E-state index in [1.807, 2.05) is 48.8 Å². The van der Waals surface area contributed by atoms with Gasteiger partial charge in [0.1, 0.15) is 0 Å². The highest BCUT2D eigenvalue weighted by atomic mass is 35.5. The molecule has 2 N–H and O–H groups in total. The zero-order valence-electron chi connectivity index (χ0n) is 10.5. The molecule has 0 saturated carbocycles. The van der Waals surface area contributed by atoms with Crippen molar-refractivity contribution < 1.29 is 0 Å². The predicted molar refractivity (Wildman–Crippen MR) is 79.4 cm³/mol. The number of benzene rings is 2. The van der Waals surface area contributed by atoms with Crippen LogP contribution in [0.25, 0.3) is 11.0 Å². The molecule has 0 aliphatic heterocycles. The van der Waals surface area contributed by atoms with Gasteiger partial charge in [0.15, 0.2) is 0 Å². The minimum atomic E-state index is 0.127. The number of nitrogens with zero attached hydrogens (tertiary/aromatic N) is 2. The van der Waals surface area contributed by atoms with E-state index in [0.717, 1.165) is 27.3 Å². The normalized spacial score (nSPS) is 12.7. The highest BCUT2D eigenvalue weighted by Gasteiger charge is 2.13. The lowest BCUT2D eigenvalue weighted by molar-refractivity contribution is 0.658. The van der Waals surface area contributed by atoms with Gasteiger partial charge in [0, 0.05) is 10.7 Å². The summed E-state index contributed by atoms with van der Waals surface area (Å²) in [5.74, 6) is 0. The molecule has 0 bridgehead atoms. The molecule has 0 spiro atoms. The van der Waals surface area contributed by atoms with Gasteiger partial charge in [-0.2, -0.15) is 0 Å². The number of nitrogens with two attached hydrogens (primary N) is 1. The number of hydrogen-bond acceptors (Lipinski definition) is 2. The highest BCUT2D eigenvalue weighted by molar-refractivity contribution is 6.31. The topological polar surface area (TPSA) is 43.8 Å². The second kappa shape index (κ2) is 4.59. The van der Waals surface area contributed by atoms with Crippen LogP contribution in [-0.4, -0.2) is 9.55 Å². The van der Waals surface area contributed by atoms with E-state index in [2.05, 4.69) is 16.5 Å². The van der Waals surface area contributed by atoms with Gasteiger partial charge in [-0.25, -0.2) is 4.98 Å². The minimum absolute atomic E-state index is 0.127. The highest BCUT2D eigenvalue weighted by Crippen LogP contribution is 2.28. The number of halogens is 1. The summed E-state index contributed by atoms with van der Waals surface area (Å²) < 4.78 is 2.11. The smallest absolute Gasteiger partial charge is 0.0964 e. The molecule has 1 aromatic heterocycles. The van der Waals surface area contributed by atoms with Crippen molar-refractivity contribution in [2.45, 2.75) is 13.0 Å². The van der Waals surface area contributed by atoms with Crippen LogP contribution in [-0.2, 0) is 0 Å². The number of nitrogen functional groups attached to an aromatic ring is 1. The Morgan fingerprint density at radius 3 is 2.79 bits per heavy atom. The minimum Gasteiger partial charge on any atom is -0.399 e. The summed E-state index contributed by atoms with van der Waals surface area (Å²) in [6, 6.07) is 13.8. The third kappa shape index (κ3) is 2.06. The molecule has 0 fully saturated rings. The Morgan fingerprint density at radius 2 is 2.00 bits per heavy atom. The van der Waals surface area contributed by atoms with E-state index < -0.39 is 0 Å². The van der Waals surface area contributed by atoms with Gasteiger partial charge in [-0.05, 0) is 36.8 Å². The summed E-state index contributed by atoms with van der Waals surface area (Å²) in [5.41, 5.74) is 9.54. The molecule has 0 saturated heterocycles. The Hall–Kier alpha value is -2.00. The number of hydrogen-bond donors (Lipinski definition) is 1. The maximum absolute atomic E-state index is 6.26. The van der Waals surface area contributed by atoms with Crippen LogP contribution in [0.5, 0.6) is 0 Å². The average molecular weight is 272 g/mol. The average Bonchev–Trinajstić information content (AvgIpc) is 2.81. The fraction of sp³-hybridized carbons (Fsp3) is 0.133. The SMILES string of the molecule is CC(c1ccccc1Cl)n1cnc2cc(N)ccc21. The Kier molecular flexibility index (Phi) is 2.91. The first kappa shape index (κ1) is 12.1. The van der Waals surface area contributed by atoms with E-state index in [1.54, 1.807) is 0 Å². The van der Waals surface area contributed by atoms with Crippen LogP contribution >= 0.6 is 11.6 Å². The van der Waals surface area contributed by atoms with Gasteiger partial charge >= 0.3 is 0 Å². The van der Waals surface area contributed by atoms with Gasteiger partial charge in [-0.3, -0.25) is 0 Å². The maximum atomic E-state index is 6.26. The van der Waals surface area contributed by atoms with Crippen molar-refractivity contribution in [3.8, 4) is 0 Å². The molecule has 1 unspecified atom stereocenters. The van der Waals surface area contributed by atoms with Crippen LogP contribution < -0.4 is 5.73 Å². The molecule has 0 aliphatic rings. The molecule has 0 aliphatic carbocycles. The lowest BCUT2D eigenvalue weighted by atomic mass is 10.1. The summed E-state index contributed by atoms with van der Waals surface area (Å²) in [6.45, 7) is 2.11. The third-order valence-electron chi connectivity index (χ3n) is 3.37. The van der Waals surface area contributed by atoms with Crippen molar-refractivity contribution in [2.24, 2.45) is 0 Å². The largest absolute Gasteiger partial charge is 0.399 e. The summed E-state index contributed by atoms with van der Waals surface area (Å²) in [6.07, 6.45) is 1.83. The Bertz CT molecular complexity index is 733. The molecular weight excluding hydrogens is 258 g/mol. The van der Waals surface area contributed by atoms with E-state index in [4.69, 9.17) is 17.3 Å². The van der Waals surface area contributed by atoms with Crippen molar-refractivity contribution in [3.05, 3.63) is 59.4 Å². The fourth-order valence-electron chi connectivity index (χ4n) is 2.32. The van der Waals surface area contributed by atoms with Crippen molar-refractivity contribution in [1.29, 1.82) is 0 Å². The summed E-state index contributed by atoms with van der Waals surface area (Å²) in [4.78, 5) is 4.40. The summed E-state index contributed by atoms with van der Waals surface area (Å²) >= 11 is 6.26. The van der Waals surface area contributed by atoms with Gasteiger partial charge in [0.25, 0.3) is 0 Å². The van der Waals surface area contributed by atoms with Gasteiger partial charge < -0.3 is 10.3 Å². The number of imidazole rings is 1. The summed E-state index contributed by atoms with van der Waals surface area (Å²) in [7, 11) is 0. The van der Waals surface area contributed by atoms with E-state index in [1.165, 1.54) is 0 Å². The Balaban J connectivity index is 2.12. The van der Waals surface area contributed by atoms with Crippen LogP contribution in [0.1, 0.15) is 18.5 Å². The standard InChI is InChI=1S/C15H14ClN3/c1-10(12-4-2-3-5-13(12)16)19-9-18-14-8-11(17)6-7-15(14)19/h2-10H,17H2,1H3. The molecule has 3 rings (SSSR count). The number of anilines is 1. The molecule has 4 heteroatoms. The third-order valence-corrected chi connectivity index (χ3v) is 3.72. The maximum Gasteiger partial charge on any atom is 0.0964 e. The molecule has 1 atom stereocenters. The summed E-state index contributed by atoms with van der Waals surface area (Å²) in [5, 5.41) is 0.771. The van der Waals surface area contributed by atoms with E-state index in [9.17, 15) is 0 Å². The Labute approximate surface area is 116 Å². The second-order valence-corrected chi connectivity index (χ2v) is 5.00. The van der Waals surface area contributed by atoms with Crippen molar-refractivity contribution in [1.82, 2.24) is 9.55 Å². The molecule has 1 heterocycles. The fourth-order valence-corrected chi connectivity index (χ4v) is 2.61. The number of fused-ring (bicyclic) bond motifs is 1. The number of rotatable bonds is 2. The number of aromatic nitrogens is 2. The van der Waals surface area contributed by atoms with E-state index >= 15 is 0 Å². The van der Waals surface area contributed by atoms with Crippen LogP contribution in [0, 0.1) is 0 Å². The first-order valence-electron chi connectivity index (χ1n) is 6.13. The van der Waals surface area contributed by atoms with Crippen molar-refractivity contribution >= 4 is 28.3 Å². The van der Waals surface area contributed by atoms with Gasteiger partial charge in [0.2, 0.25) is 0 Å². The lowest BCUT2D eigenvalue weighted by Crippen LogP contribution is -2.05. The molecule has 0 radical (unpaired) electrons. The van der Waals surface area contributed by atoms with Crippen molar-refractivity contribution in [2.75, 3.05) is 5.73 Å². The molecule has 3 nitrogen and oxygen atoms in total. The first-order chi connectivity index (χ1) is 9.16. The molecule has 96 valence electrons. The zero-order valence-corrected chi connectivity index (χ0v) is 11.3. The molecular formula is C15H14ClN3. The molecule has 0 amide bonds. The van der Waals surface area contributed by atoms with Crippen LogP contribution in [0.2, 0.25) is 5.02 Å². The molecule has 19 heavy (non-hydrogen) atoms. The van der Waals surface area contributed by atoms with Gasteiger partial charge in [-0.15, -0.1) is 0 Å². The predicted octanol–water partition coefficient (Wildman–Crippen LogP) is 3.88. The van der Waals surface area contributed by atoms with Gasteiger partial charge in [-0.1, -0.05) is 29.8 Å². The van der Waals surface area contributed by atoms with Gasteiger partial charge in [0.05, 0.1) is 23.4 Å². The van der Waals surface area contributed by atoms with E-state index in [-0.39, 0.29) is 6.04 Å². The zero-order chi connectivity index (χ0) is 13.4. The van der Waals surface area contributed by atoms with E-state index in [0.29, 0.717) is 0 Å². The van der Waals surface area contributed by atoms with Crippen LogP contribution in [0.3, 0.4) is 0 Å². The Morgan fingerprint density at radius 1 is 1.21 bits per heavy atom. The first-order valence-corrected chi connectivity index (χ1v) is 6.51. The van der Waals surface area contributed by atoms with Crippen LogP contribution in [0.4, 0.5) is 5.69 Å².